The van der Waals surface area contributed by atoms with Crippen molar-refractivity contribution in [1.29, 1.82) is 0 Å². The molecular formula is C16H16N2O2. The lowest BCUT2D eigenvalue weighted by molar-refractivity contribution is -0.115. The van der Waals surface area contributed by atoms with Crippen molar-refractivity contribution < 1.29 is 9.90 Å². The van der Waals surface area contributed by atoms with Gasteiger partial charge < -0.3 is 15.3 Å². The Hall–Kier alpha value is -2.33. The first-order valence-corrected chi connectivity index (χ1v) is 6.60. The van der Waals surface area contributed by atoms with Crippen molar-refractivity contribution in [2.24, 2.45) is 0 Å². The van der Waals surface area contributed by atoms with E-state index in [0.29, 0.717) is 0 Å². The normalized spacial score (nSPS) is 15.5. The van der Waals surface area contributed by atoms with E-state index in [1.807, 2.05) is 53.4 Å². The van der Waals surface area contributed by atoms with E-state index in [2.05, 4.69) is 5.32 Å². The number of fused-ring (bicyclic) bond motifs is 1. The molecule has 0 radical (unpaired) electrons. The van der Waals surface area contributed by atoms with Gasteiger partial charge in [-0.2, -0.15) is 0 Å². The maximum absolute atomic E-state index is 11.9. The summed E-state index contributed by atoms with van der Waals surface area (Å²) < 4.78 is 0. The minimum Gasteiger partial charge on any atom is -0.389 e. The number of benzene rings is 2. The highest BCUT2D eigenvalue weighted by molar-refractivity contribution is 6.03. The molecule has 0 unspecified atom stereocenters. The number of amides is 1. The molecule has 1 amide bonds. The van der Waals surface area contributed by atoms with E-state index >= 15 is 0 Å². The van der Waals surface area contributed by atoms with Gasteiger partial charge in [0.25, 0.3) is 0 Å². The van der Waals surface area contributed by atoms with Gasteiger partial charge in [-0.1, -0.05) is 30.3 Å². The van der Waals surface area contributed by atoms with Crippen LogP contribution in [0.4, 0.5) is 17.1 Å². The van der Waals surface area contributed by atoms with Crippen LogP contribution in [0, 0.1) is 0 Å². The number of anilines is 3. The zero-order chi connectivity index (χ0) is 14.1. The molecule has 1 atom stereocenters. The van der Waals surface area contributed by atoms with Gasteiger partial charge in [0, 0.05) is 11.3 Å². The Morgan fingerprint density at radius 3 is 2.50 bits per heavy atom. The van der Waals surface area contributed by atoms with Crippen LogP contribution in [-0.2, 0) is 4.79 Å². The summed E-state index contributed by atoms with van der Waals surface area (Å²) in [5.41, 5.74) is 3.42. The third kappa shape index (κ3) is 2.14. The molecule has 3 rings (SSSR count). The van der Waals surface area contributed by atoms with E-state index in [4.69, 9.17) is 0 Å². The van der Waals surface area contributed by atoms with Crippen LogP contribution in [0.3, 0.4) is 0 Å². The van der Waals surface area contributed by atoms with Crippen LogP contribution in [0.2, 0.25) is 0 Å². The molecule has 4 nitrogen and oxygen atoms in total. The number of nitrogens with one attached hydrogen (secondary N) is 1. The third-order valence-corrected chi connectivity index (χ3v) is 3.45. The molecule has 2 aromatic carbocycles. The van der Waals surface area contributed by atoms with Crippen molar-refractivity contribution in [2.75, 3.05) is 16.8 Å². The second-order valence-electron chi connectivity index (χ2n) is 4.89. The number of nitrogens with zero attached hydrogens (tertiary/aromatic N) is 1. The van der Waals surface area contributed by atoms with Crippen LogP contribution in [0.25, 0.3) is 0 Å². The Labute approximate surface area is 117 Å². The van der Waals surface area contributed by atoms with Gasteiger partial charge in [-0.15, -0.1) is 0 Å². The largest absolute Gasteiger partial charge is 0.389 e. The molecule has 0 saturated carbocycles. The maximum Gasteiger partial charge on any atom is 0.244 e. The monoisotopic (exact) mass is 268 g/mol. The first-order chi connectivity index (χ1) is 9.66. The number of aliphatic hydroxyl groups is 1. The van der Waals surface area contributed by atoms with Gasteiger partial charge >= 0.3 is 0 Å². The molecule has 0 saturated heterocycles. The molecule has 0 fully saturated rings. The summed E-state index contributed by atoms with van der Waals surface area (Å²) in [5, 5.41) is 12.8. The van der Waals surface area contributed by atoms with Gasteiger partial charge in [0.2, 0.25) is 5.91 Å². The van der Waals surface area contributed by atoms with Crippen molar-refractivity contribution in [3.63, 3.8) is 0 Å². The molecule has 1 heterocycles. The summed E-state index contributed by atoms with van der Waals surface area (Å²) in [6.45, 7) is 1.98. The van der Waals surface area contributed by atoms with Crippen LogP contribution >= 0.6 is 0 Å². The third-order valence-electron chi connectivity index (χ3n) is 3.45. The van der Waals surface area contributed by atoms with E-state index in [-0.39, 0.29) is 12.5 Å². The zero-order valence-corrected chi connectivity index (χ0v) is 11.2. The smallest absolute Gasteiger partial charge is 0.244 e. The summed E-state index contributed by atoms with van der Waals surface area (Å²) in [6.07, 6.45) is -0.580. The van der Waals surface area contributed by atoms with Gasteiger partial charge in [0.1, 0.15) is 6.54 Å². The fraction of sp³-hybridized carbons (Fsp3) is 0.188. The minimum absolute atomic E-state index is 0.0518. The molecule has 0 aromatic heterocycles. The molecular weight excluding hydrogens is 252 g/mol. The molecule has 1 aliphatic heterocycles. The first-order valence-electron chi connectivity index (χ1n) is 6.60. The fourth-order valence-electron chi connectivity index (χ4n) is 2.53. The van der Waals surface area contributed by atoms with Crippen molar-refractivity contribution >= 4 is 23.0 Å². The number of rotatable bonds is 2. The molecule has 0 spiro atoms. The second kappa shape index (κ2) is 4.98. The lowest BCUT2D eigenvalue weighted by Gasteiger charge is -2.32. The predicted octanol–water partition coefficient (Wildman–Crippen LogP) is 2.83. The average molecular weight is 268 g/mol. The van der Waals surface area contributed by atoms with Gasteiger partial charge in [-0.05, 0) is 25.1 Å². The van der Waals surface area contributed by atoms with E-state index in [1.165, 1.54) is 0 Å². The van der Waals surface area contributed by atoms with Gasteiger partial charge in [-0.3, -0.25) is 4.79 Å². The highest BCUT2D eigenvalue weighted by atomic mass is 16.3. The number of carbonyl (C=O) groups excluding carboxylic acids is 1. The predicted molar refractivity (Wildman–Crippen MR) is 79.2 cm³/mol. The Kier molecular flexibility index (Phi) is 3.16. The Morgan fingerprint density at radius 2 is 1.75 bits per heavy atom. The highest BCUT2D eigenvalue weighted by Gasteiger charge is 2.24. The van der Waals surface area contributed by atoms with Crippen LogP contribution in [0.15, 0.2) is 48.5 Å². The molecule has 0 bridgehead atoms. The maximum atomic E-state index is 11.9. The number of para-hydroxylation sites is 3. The second-order valence-corrected chi connectivity index (χ2v) is 4.89. The number of aliphatic hydroxyl groups excluding tert-OH is 1. The number of carbonyl (C=O) groups is 1. The summed E-state index contributed by atoms with van der Waals surface area (Å²) in [6, 6.07) is 15.3. The first kappa shape index (κ1) is 12.7. The van der Waals surface area contributed by atoms with E-state index in [9.17, 15) is 9.90 Å². The van der Waals surface area contributed by atoms with Gasteiger partial charge in [0.05, 0.1) is 17.5 Å². The highest BCUT2D eigenvalue weighted by Crippen LogP contribution is 2.37. The van der Waals surface area contributed by atoms with Gasteiger partial charge in [-0.25, -0.2) is 0 Å². The standard InChI is InChI=1S/C16H16N2O2/c1-11(19)12-6-2-4-8-14(12)18-10-16(20)17-13-7-3-5-9-15(13)18/h2-9,11,19H,10H2,1H3,(H,17,20)/t11-/m0/s1. The Morgan fingerprint density at radius 1 is 1.10 bits per heavy atom. The van der Waals surface area contributed by atoms with Crippen molar-refractivity contribution in [1.82, 2.24) is 0 Å². The fourth-order valence-corrected chi connectivity index (χ4v) is 2.53. The Balaban J connectivity index is 2.13. The summed E-state index contributed by atoms with van der Waals surface area (Å²) in [4.78, 5) is 13.8. The molecule has 4 heteroatoms. The average Bonchev–Trinajstić information content (AvgIpc) is 2.46. The van der Waals surface area contributed by atoms with Crippen LogP contribution in [0.5, 0.6) is 0 Å². The number of hydrogen-bond acceptors (Lipinski definition) is 3. The molecule has 2 N–H and O–H groups in total. The topological polar surface area (TPSA) is 52.6 Å². The zero-order valence-electron chi connectivity index (χ0n) is 11.2. The van der Waals surface area contributed by atoms with Crippen molar-refractivity contribution in [3.05, 3.63) is 54.1 Å². The van der Waals surface area contributed by atoms with Gasteiger partial charge in [0.15, 0.2) is 0 Å². The quantitative estimate of drug-likeness (QED) is 0.880. The minimum atomic E-state index is -0.580. The van der Waals surface area contributed by atoms with E-state index < -0.39 is 6.10 Å². The van der Waals surface area contributed by atoms with E-state index in [0.717, 1.165) is 22.6 Å². The molecule has 2 aromatic rings. The van der Waals surface area contributed by atoms with Crippen LogP contribution < -0.4 is 10.2 Å². The lowest BCUT2D eigenvalue weighted by Crippen LogP contribution is -2.35. The Bertz CT molecular complexity index is 652. The molecule has 20 heavy (non-hydrogen) atoms. The van der Waals surface area contributed by atoms with Crippen LogP contribution in [-0.4, -0.2) is 17.6 Å². The van der Waals surface area contributed by atoms with Crippen molar-refractivity contribution in [2.45, 2.75) is 13.0 Å². The molecule has 0 aliphatic carbocycles. The lowest BCUT2D eigenvalue weighted by atomic mass is 10.1. The van der Waals surface area contributed by atoms with E-state index in [1.54, 1.807) is 6.92 Å². The van der Waals surface area contributed by atoms with Crippen molar-refractivity contribution in [3.8, 4) is 0 Å². The molecule has 102 valence electrons. The SMILES string of the molecule is C[C@H](O)c1ccccc1N1CC(=O)Nc2ccccc21. The number of hydrogen-bond donors (Lipinski definition) is 2. The van der Waals surface area contributed by atoms with Crippen LogP contribution in [0.1, 0.15) is 18.6 Å². The summed E-state index contributed by atoms with van der Waals surface area (Å²) >= 11 is 0. The molecule has 1 aliphatic rings. The summed E-state index contributed by atoms with van der Waals surface area (Å²) in [5.74, 6) is -0.0518. The summed E-state index contributed by atoms with van der Waals surface area (Å²) in [7, 11) is 0.